The van der Waals surface area contributed by atoms with Gasteiger partial charge in [0.15, 0.2) is 5.13 Å². The molecular formula is C18H11N7O2S. The number of nitro groups is 1. The van der Waals surface area contributed by atoms with E-state index in [0.717, 1.165) is 21.3 Å². The molecular weight excluding hydrogens is 378 g/mol. The van der Waals surface area contributed by atoms with Gasteiger partial charge in [-0.25, -0.2) is 19.9 Å². The van der Waals surface area contributed by atoms with Gasteiger partial charge < -0.3 is 5.32 Å². The molecule has 0 fully saturated rings. The van der Waals surface area contributed by atoms with E-state index in [0.29, 0.717) is 5.13 Å². The third-order valence-electron chi connectivity index (χ3n) is 4.19. The summed E-state index contributed by atoms with van der Waals surface area (Å²) in [5, 5.41) is 15.4. The minimum absolute atomic E-state index is 0.0758. The number of nitrogens with one attached hydrogen (secondary N) is 1. The molecule has 28 heavy (non-hydrogen) atoms. The van der Waals surface area contributed by atoms with E-state index in [9.17, 15) is 10.1 Å². The largest absolute Gasteiger partial charge is 0.354 e. The van der Waals surface area contributed by atoms with E-state index in [1.165, 1.54) is 24.0 Å². The molecule has 3 heterocycles. The van der Waals surface area contributed by atoms with Crippen LogP contribution in [0, 0.1) is 10.1 Å². The van der Waals surface area contributed by atoms with E-state index < -0.39 is 4.92 Å². The lowest BCUT2D eigenvalue weighted by Gasteiger charge is -2.08. The molecule has 10 heteroatoms. The fourth-order valence-electron chi connectivity index (χ4n) is 2.96. The smallest absolute Gasteiger partial charge is 0.310 e. The normalized spacial score (nSPS) is 11.1. The minimum Gasteiger partial charge on any atom is -0.310 e. The molecule has 0 aliphatic heterocycles. The molecule has 0 radical (unpaired) electrons. The van der Waals surface area contributed by atoms with Gasteiger partial charge >= 0.3 is 5.69 Å². The van der Waals surface area contributed by atoms with Crippen LogP contribution in [0.3, 0.4) is 0 Å². The van der Waals surface area contributed by atoms with Crippen LogP contribution in [0.2, 0.25) is 0 Å². The van der Waals surface area contributed by atoms with Crippen LogP contribution in [0.4, 0.5) is 16.6 Å². The zero-order chi connectivity index (χ0) is 19.1. The van der Waals surface area contributed by atoms with Crippen molar-refractivity contribution >= 4 is 49.2 Å². The second-order valence-electron chi connectivity index (χ2n) is 5.87. The van der Waals surface area contributed by atoms with E-state index in [4.69, 9.17) is 0 Å². The fraction of sp³-hybridized carbons (Fsp3) is 0. The Bertz CT molecular complexity index is 1310. The number of hydrogen-bond acceptors (Lipinski definition) is 8. The van der Waals surface area contributed by atoms with Crippen molar-refractivity contribution in [1.29, 1.82) is 0 Å². The molecule has 0 aliphatic carbocycles. The fourth-order valence-corrected chi connectivity index (χ4v) is 3.83. The average Bonchev–Trinajstić information content (AvgIpc) is 3.31. The molecule has 0 bridgehead atoms. The maximum Gasteiger partial charge on any atom is 0.354 e. The predicted molar refractivity (Wildman–Crippen MR) is 106 cm³/mol. The number of benzene rings is 2. The quantitative estimate of drug-likeness (QED) is 0.364. The summed E-state index contributed by atoms with van der Waals surface area (Å²) < 4.78 is 2.56. The van der Waals surface area contributed by atoms with Gasteiger partial charge in [-0.15, -0.1) is 0 Å². The minimum atomic E-state index is -0.500. The summed E-state index contributed by atoms with van der Waals surface area (Å²) in [4.78, 5) is 28.3. The van der Waals surface area contributed by atoms with Crippen LogP contribution < -0.4 is 5.32 Å². The molecule has 2 aromatic carbocycles. The lowest BCUT2D eigenvalue weighted by molar-refractivity contribution is -0.384. The van der Waals surface area contributed by atoms with Crippen molar-refractivity contribution in [1.82, 2.24) is 24.5 Å². The number of nitrogens with zero attached hydrogens (tertiary/aromatic N) is 6. The highest BCUT2D eigenvalue weighted by molar-refractivity contribution is 7.22. The Morgan fingerprint density at radius 2 is 1.79 bits per heavy atom. The highest BCUT2D eigenvalue weighted by atomic mass is 32.1. The molecule has 5 aromatic rings. The summed E-state index contributed by atoms with van der Waals surface area (Å²) in [5.74, 6) is 0.212. The number of anilines is 2. The van der Waals surface area contributed by atoms with Gasteiger partial charge in [-0.2, -0.15) is 0 Å². The molecule has 9 nitrogen and oxygen atoms in total. The number of rotatable bonds is 4. The van der Waals surface area contributed by atoms with Crippen molar-refractivity contribution in [3.8, 4) is 5.82 Å². The summed E-state index contributed by atoms with van der Waals surface area (Å²) in [6.07, 6.45) is 2.80. The molecule has 136 valence electrons. The molecule has 5 rings (SSSR count). The van der Waals surface area contributed by atoms with Crippen LogP contribution in [0.25, 0.3) is 27.1 Å². The van der Waals surface area contributed by atoms with Crippen molar-refractivity contribution in [2.24, 2.45) is 0 Å². The van der Waals surface area contributed by atoms with E-state index in [2.05, 4.69) is 25.3 Å². The molecule has 0 saturated carbocycles. The molecule has 0 atom stereocenters. The summed E-state index contributed by atoms with van der Waals surface area (Å²) in [6, 6.07) is 15.0. The Balaban J connectivity index is 1.65. The highest BCUT2D eigenvalue weighted by Gasteiger charge is 2.26. The van der Waals surface area contributed by atoms with Crippen LogP contribution in [-0.4, -0.2) is 29.4 Å². The summed E-state index contributed by atoms with van der Waals surface area (Å²) in [5.41, 5.74) is 2.00. The summed E-state index contributed by atoms with van der Waals surface area (Å²) >= 11 is 1.39. The van der Waals surface area contributed by atoms with Gasteiger partial charge in [-0.1, -0.05) is 35.6 Å². The number of fused-ring (bicyclic) bond motifs is 2. The first-order valence-corrected chi connectivity index (χ1v) is 9.07. The van der Waals surface area contributed by atoms with Gasteiger partial charge in [0.2, 0.25) is 11.6 Å². The Morgan fingerprint density at radius 3 is 2.61 bits per heavy atom. The van der Waals surface area contributed by atoms with Crippen molar-refractivity contribution < 1.29 is 4.92 Å². The van der Waals surface area contributed by atoms with Crippen LogP contribution in [0.15, 0.2) is 61.2 Å². The van der Waals surface area contributed by atoms with Crippen LogP contribution in [0.1, 0.15) is 0 Å². The number of hydrogen-bond donors (Lipinski definition) is 1. The summed E-state index contributed by atoms with van der Waals surface area (Å²) in [6.45, 7) is 0. The predicted octanol–water partition coefficient (Wildman–Crippen LogP) is 4.08. The van der Waals surface area contributed by atoms with Gasteiger partial charge in [0.25, 0.3) is 0 Å². The summed E-state index contributed by atoms with van der Waals surface area (Å²) in [7, 11) is 0. The number of aromatic nitrogens is 5. The van der Waals surface area contributed by atoms with Crippen molar-refractivity contribution in [2.75, 3.05) is 5.32 Å². The maximum absolute atomic E-state index is 11.9. The van der Waals surface area contributed by atoms with Crippen LogP contribution in [0.5, 0.6) is 0 Å². The van der Waals surface area contributed by atoms with Crippen molar-refractivity contribution in [2.45, 2.75) is 0 Å². The number of thiazole rings is 1. The SMILES string of the molecule is O=[N+]([O-])c1c(Nc2nc3ccccc3s2)ncnc1-n1cnc2ccccc21. The van der Waals surface area contributed by atoms with Gasteiger partial charge in [-0.05, 0) is 24.3 Å². The first-order chi connectivity index (χ1) is 13.7. The Morgan fingerprint density at radius 1 is 1.00 bits per heavy atom. The maximum atomic E-state index is 11.9. The Labute approximate surface area is 161 Å². The molecule has 0 spiro atoms. The van der Waals surface area contributed by atoms with E-state index in [1.54, 1.807) is 4.57 Å². The zero-order valence-corrected chi connectivity index (χ0v) is 15.0. The molecule has 0 amide bonds. The van der Waals surface area contributed by atoms with Crippen molar-refractivity contribution in [3.63, 3.8) is 0 Å². The van der Waals surface area contributed by atoms with Gasteiger partial charge in [0, 0.05) is 0 Å². The zero-order valence-electron chi connectivity index (χ0n) is 14.2. The molecule has 0 aliphatic rings. The molecule has 0 saturated heterocycles. The third-order valence-corrected chi connectivity index (χ3v) is 5.14. The number of imidazole rings is 1. The molecule has 0 unspecified atom stereocenters. The van der Waals surface area contributed by atoms with Crippen LogP contribution in [-0.2, 0) is 0 Å². The second kappa shape index (κ2) is 6.35. The lowest BCUT2D eigenvalue weighted by atomic mass is 10.3. The van der Waals surface area contributed by atoms with E-state index >= 15 is 0 Å². The Kier molecular flexibility index (Phi) is 3.69. The van der Waals surface area contributed by atoms with Gasteiger partial charge in [0.05, 0.1) is 26.2 Å². The lowest BCUT2D eigenvalue weighted by Crippen LogP contribution is -2.07. The second-order valence-corrected chi connectivity index (χ2v) is 6.90. The van der Waals surface area contributed by atoms with Crippen LogP contribution >= 0.6 is 11.3 Å². The highest BCUT2D eigenvalue weighted by Crippen LogP contribution is 2.34. The first kappa shape index (κ1) is 16.3. The first-order valence-electron chi connectivity index (χ1n) is 8.25. The van der Waals surface area contributed by atoms with Crippen molar-refractivity contribution in [3.05, 3.63) is 71.3 Å². The molecule has 3 aromatic heterocycles. The molecule has 1 N–H and O–H groups in total. The third kappa shape index (κ3) is 2.63. The number of para-hydroxylation sites is 3. The van der Waals surface area contributed by atoms with E-state index in [-0.39, 0.29) is 17.3 Å². The van der Waals surface area contributed by atoms with Gasteiger partial charge in [0.1, 0.15) is 12.7 Å². The van der Waals surface area contributed by atoms with Gasteiger partial charge in [-0.3, -0.25) is 14.7 Å². The topological polar surface area (TPSA) is 112 Å². The Hall–Kier alpha value is -3.92. The van der Waals surface area contributed by atoms with E-state index in [1.807, 2.05) is 48.5 Å². The average molecular weight is 389 g/mol. The monoisotopic (exact) mass is 389 g/mol. The standard InChI is InChI=1S/C18H11N7O2S/c26-25(27)15-16(23-18-22-12-6-2-4-8-14(12)28-18)19-9-20-17(15)24-10-21-11-5-1-3-7-13(11)24/h1-10H,(H,19,20,22,23).